The van der Waals surface area contributed by atoms with Crippen LogP contribution in [0.2, 0.25) is 0 Å². The van der Waals surface area contributed by atoms with Crippen molar-refractivity contribution >= 4 is 8.60 Å². The number of rotatable bonds is 13. The van der Waals surface area contributed by atoms with Gasteiger partial charge in [-0.15, -0.1) is 0 Å². The molecule has 7 nitrogen and oxygen atoms in total. The highest BCUT2D eigenvalue weighted by Gasteiger charge is 2.20. The van der Waals surface area contributed by atoms with Crippen molar-refractivity contribution in [3.8, 4) is 5.75 Å². The molecule has 0 atom stereocenters. The summed E-state index contributed by atoms with van der Waals surface area (Å²) in [5.41, 5.74) is 5.00. The van der Waals surface area contributed by atoms with Gasteiger partial charge in [0.2, 0.25) is 0 Å². The van der Waals surface area contributed by atoms with Gasteiger partial charge < -0.3 is 35.4 Å². The molecule has 0 aliphatic rings. The lowest BCUT2D eigenvalue weighted by molar-refractivity contribution is 0.0697. The number of para-hydroxylation sites is 1. The Balaban J connectivity index is 0.000000713. The van der Waals surface area contributed by atoms with E-state index in [1.807, 2.05) is 18.2 Å². The first-order chi connectivity index (χ1) is 12.9. The van der Waals surface area contributed by atoms with Crippen LogP contribution in [0, 0.1) is 0 Å². The SMILES string of the molecule is CCCCCCCCCc1ccccc1OP(O)O.NC(CO)(CO)CO. The number of nitrogens with two attached hydrogens (primary N) is 1. The van der Waals surface area contributed by atoms with Crippen LogP contribution >= 0.6 is 8.60 Å². The lowest BCUT2D eigenvalue weighted by atomic mass is 10.0. The van der Waals surface area contributed by atoms with Gasteiger partial charge in [-0.25, -0.2) is 0 Å². The molecule has 0 bridgehead atoms. The molecule has 0 spiro atoms. The Kier molecular flexibility index (Phi) is 15.7. The van der Waals surface area contributed by atoms with E-state index in [9.17, 15) is 0 Å². The maximum absolute atomic E-state index is 8.92. The fraction of sp³-hybridized carbons (Fsp3) is 0.684. The zero-order valence-corrected chi connectivity index (χ0v) is 17.2. The molecule has 0 saturated heterocycles. The van der Waals surface area contributed by atoms with Crippen molar-refractivity contribution in [2.45, 2.75) is 63.8 Å². The van der Waals surface area contributed by atoms with Crippen molar-refractivity contribution in [2.75, 3.05) is 19.8 Å². The van der Waals surface area contributed by atoms with Crippen molar-refractivity contribution in [3.63, 3.8) is 0 Å². The van der Waals surface area contributed by atoms with Crippen molar-refractivity contribution < 1.29 is 29.6 Å². The average Bonchev–Trinajstić information content (AvgIpc) is 2.68. The predicted octanol–water partition coefficient (Wildman–Crippen LogP) is 2.23. The monoisotopic (exact) mass is 405 g/mol. The molecule has 27 heavy (non-hydrogen) atoms. The molecule has 158 valence electrons. The van der Waals surface area contributed by atoms with E-state index in [4.69, 9.17) is 35.4 Å². The highest BCUT2D eigenvalue weighted by molar-refractivity contribution is 7.39. The molecule has 0 fully saturated rings. The van der Waals surface area contributed by atoms with Gasteiger partial charge in [0, 0.05) is 0 Å². The lowest BCUT2D eigenvalue weighted by Gasteiger charge is -2.20. The second-order valence-electron chi connectivity index (χ2n) is 6.66. The number of hydrogen-bond donors (Lipinski definition) is 6. The summed E-state index contributed by atoms with van der Waals surface area (Å²) in [5.74, 6) is 0.601. The van der Waals surface area contributed by atoms with Gasteiger partial charge in [-0.3, -0.25) is 0 Å². The van der Waals surface area contributed by atoms with Crippen LogP contribution in [0.25, 0.3) is 0 Å². The molecule has 0 aromatic heterocycles. The van der Waals surface area contributed by atoms with Crippen LogP contribution in [-0.2, 0) is 6.42 Å². The topological polar surface area (TPSA) is 136 Å². The van der Waals surface area contributed by atoms with Crippen molar-refractivity contribution in [1.29, 1.82) is 0 Å². The smallest absolute Gasteiger partial charge is 0.391 e. The largest absolute Gasteiger partial charge is 0.427 e. The first-order valence-corrected chi connectivity index (χ1v) is 10.6. The third-order valence-electron chi connectivity index (χ3n) is 4.15. The van der Waals surface area contributed by atoms with E-state index in [1.54, 1.807) is 6.07 Å². The van der Waals surface area contributed by atoms with Gasteiger partial charge in [0.05, 0.1) is 25.4 Å². The summed E-state index contributed by atoms with van der Waals surface area (Å²) in [5, 5.41) is 25.0. The molecule has 7 N–H and O–H groups in total. The maximum Gasteiger partial charge on any atom is 0.391 e. The number of unbranched alkanes of at least 4 members (excludes halogenated alkanes) is 6. The summed E-state index contributed by atoms with van der Waals surface area (Å²) in [7, 11) is -2.32. The molecule has 0 unspecified atom stereocenters. The fourth-order valence-corrected chi connectivity index (χ4v) is 2.66. The highest BCUT2D eigenvalue weighted by Crippen LogP contribution is 2.32. The Morgan fingerprint density at radius 2 is 1.41 bits per heavy atom. The Morgan fingerprint density at radius 3 is 1.89 bits per heavy atom. The van der Waals surface area contributed by atoms with Crippen LogP contribution in [0.15, 0.2) is 24.3 Å². The van der Waals surface area contributed by atoms with Crippen LogP contribution in [0.4, 0.5) is 0 Å². The van der Waals surface area contributed by atoms with E-state index >= 15 is 0 Å². The molecule has 0 saturated carbocycles. The summed E-state index contributed by atoms with van der Waals surface area (Å²) < 4.78 is 5.03. The summed E-state index contributed by atoms with van der Waals surface area (Å²) in [6, 6.07) is 7.59. The second kappa shape index (κ2) is 16.2. The van der Waals surface area contributed by atoms with Crippen LogP contribution in [-0.4, -0.2) is 50.5 Å². The van der Waals surface area contributed by atoms with Crippen molar-refractivity contribution in [2.24, 2.45) is 5.73 Å². The molecular weight excluding hydrogens is 369 g/mol. The van der Waals surface area contributed by atoms with E-state index in [0.29, 0.717) is 5.75 Å². The third-order valence-corrected chi connectivity index (χ3v) is 4.51. The average molecular weight is 405 g/mol. The minimum atomic E-state index is -2.32. The van der Waals surface area contributed by atoms with Gasteiger partial charge in [-0.1, -0.05) is 63.6 Å². The first kappa shape index (κ1) is 26.2. The summed E-state index contributed by atoms with van der Waals surface area (Å²) in [6.07, 6.45) is 9.87. The summed E-state index contributed by atoms with van der Waals surface area (Å²) >= 11 is 0. The predicted molar refractivity (Wildman–Crippen MR) is 108 cm³/mol. The van der Waals surface area contributed by atoms with E-state index in [2.05, 4.69) is 6.92 Å². The lowest BCUT2D eigenvalue weighted by Crippen LogP contribution is -2.50. The Labute approximate surface area is 163 Å². The maximum atomic E-state index is 8.92. The third kappa shape index (κ3) is 13.1. The molecule has 0 aliphatic heterocycles. The molecule has 1 aromatic carbocycles. The minimum absolute atomic E-state index is 0.403. The Hall–Kier alpha value is -0.790. The molecule has 0 amide bonds. The van der Waals surface area contributed by atoms with E-state index in [1.165, 1.54) is 38.5 Å². The fourth-order valence-electron chi connectivity index (χ4n) is 2.31. The van der Waals surface area contributed by atoms with Crippen molar-refractivity contribution in [1.82, 2.24) is 0 Å². The van der Waals surface area contributed by atoms with E-state index in [0.717, 1.165) is 18.4 Å². The van der Waals surface area contributed by atoms with Gasteiger partial charge >= 0.3 is 8.60 Å². The molecule has 0 aliphatic carbocycles. The van der Waals surface area contributed by atoms with Gasteiger partial charge in [-0.05, 0) is 24.5 Å². The molecule has 1 aromatic rings. The second-order valence-corrected chi connectivity index (χ2v) is 7.35. The van der Waals surface area contributed by atoms with Crippen molar-refractivity contribution in [3.05, 3.63) is 29.8 Å². The number of aliphatic hydroxyl groups is 3. The molecular formula is C19H36NO6P. The number of aliphatic hydroxyl groups excluding tert-OH is 3. The summed E-state index contributed by atoms with van der Waals surface area (Å²) in [6.45, 7) is 1.02. The quantitative estimate of drug-likeness (QED) is 0.219. The van der Waals surface area contributed by atoms with Gasteiger partial charge in [0.15, 0.2) is 0 Å². The molecule has 0 heterocycles. The standard InChI is InChI=1S/C15H25O3P.C4H11NO3/c1-2-3-4-5-6-7-8-11-14-12-9-10-13-15(14)18-19(16)17;5-4(1-6,2-7)3-8/h9-10,12-13,16-17H,2-8,11H2,1H3;6-8H,1-3,5H2. The normalized spacial score (nSPS) is 11.3. The Bertz CT molecular complexity index is 463. The van der Waals surface area contributed by atoms with Gasteiger partial charge in [0.25, 0.3) is 0 Å². The van der Waals surface area contributed by atoms with Crippen LogP contribution in [0.5, 0.6) is 5.75 Å². The van der Waals surface area contributed by atoms with Crippen LogP contribution in [0.1, 0.15) is 57.4 Å². The number of aryl methyl sites for hydroxylation is 1. The van der Waals surface area contributed by atoms with E-state index in [-0.39, 0.29) is 0 Å². The van der Waals surface area contributed by atoms with Crippen LogP contribution < -0.4 is 10.3 Å². The Morgan fingerprint density at radius 1 is 0.889 bits per heavy atom. The zero-order valence-electron chi connectivity index (χ0n) is 16.3. The van der Waals surface area contributed by atoms with E-state index < -0.39 is 34.0 Å². The van der Waals surface area contributed by atoms with Gasteiger partial charge in [-0.2, -0.15) is 0 Å². The van der Waals surface area contributed by atoms with Crippen LogP contribution in [0.3, 0.4) is 0 Å². The first-order valence-electron chi connectivity index (χ1n) is 9.47. The zero-order chi connectivity index (χ0) is 20.5. The minimum Gasteiger partial charge on any atom is -0.427 e. The number of benzene rings is 1. The number of hydrogen-bond acceptors (Lipinski definition) is 7. The molecule has 8 heteroatoms. The highest BCUT2D eigenvalue weighted by atomic mass is 31.2. The molecule has 1 rings (SSSR count). The molecule has 0 radical (unpaired) electrons. The van der Waals surface area contributed by atoms with Gasteiger partial charge in [0.1, 0.15) is 5.75 Å². The summed E-state index contributed by atoms with van der Waals surface area (Å²) in [4.78, 5) is 17.8.